The minimum absolute atomic E-state index is 0.347. The van der Waals surface area contributed by atoms with Crippen molar-refractivity contribution >= 4 is 0 Å². The Kier molecular flexibility index (Phi) is 8.36. The second kappa shape index (κ2) is 12.1. The molecule has 0 radical (unpaired) electrons. The van der Waals surface area contributed by atoms with Crippen molar-refractivity contribution in [2.24, 2.45) is 0 Å². The summed E-state index contributed by atoms with van der Waals surface area (Å²) in [6.07, 6.45) is 3.29. The molecule has 5 aromatic carbocycles. The van der Waals surface area contributed by atoms with Gasteiger partial charge in [0.05, 0.1) is 0 Å². The summed E-state index contributed by atoms with van der Waals surface area (Å²) in [5.41, 5.74) is 17.3. The summed E-state index contributed by atoms with van der Waals surface area (Å²) in [5, 5.41) is 0. The average Bonchev–Trinajstić information content (AvgIpc) is 2.97. The molecular formula is C40H42. The fourth-order valence-corrected chi connectivity index (χ4v) is 6.03. The molecule has 0 aromatic heterocycles. The Hall–Kier alpha value is -3.90. The van der Waals surface area contributed by atoms with Crippen molar-refractivity contribution in [2.45, 2.75) is 66.7 Å². The molecule has 0 atom stereocenters. The van der Waals surface area contributed by atoms with E-state index >= 15 is 0 Å². The fraction of sp³-hybridized carbons (Fsp3) is 0.250. The molecule has 0 bridgehead atoms. The van der Waals surface area contributed by atoms with Gasteiger partial charge >= 0.3 is 0 Å². The van der Waals surface area contributed by atoms with Gasteiger partial charge in [-0.15, -0.1) is 0 Å². The molecule has 0 unspecified atom stereocenters. The van der Waals surface area contributed by atoms with Crippen LogP contribution in [0.2, 0.25) is 0 Å². The first-order valence-electron chi connectivity index (χ1n) is 14.9. The van der Waals surface area contributed by atoms with E-state index in [4.69, 9.17) is 0 Å². The Morgan fingerprint density at radius 3 is 1.90 bits per heavy atom. The predicted octanol–water partition coefficient (Wildman–Crippen LogP) is 11.6. The lowest BCUT2D eigenvalue weighted by Gasteiger charge is -2.27. The average molecular weight is 523 g/mol. The molecule has 0 aliphatic heterocycles. The van der Waals surface area contributed by atoms with Crippen LogP contribution in [0.4, 0.5) is 0 Å². The minimum atomic E-state index is 0.347. The van der Waals surface area contributed by atoms with Crippen LogP contribution in [0.5, 0.6) is 0 Å². The normalized spacial score (nSPS) is 11.3. The highest BCUT2D eigenvalue weighted by Gasteiger charge is 2.24. The Morgan fingerprint density at radius 2 is 1.25 bits per heavy atom. The molecule has 0 heteroatoms. The number of aryl methyl sites for hydroxylation is 4. The maximum Gasteiger partial charge on any atom is -0.00234 e. The lowest BCUT2D eigenvalue weighted by atomic mass is 9.77. The van der Waals surface area contributed by atoms with E-state index < -0.39 is 0 Å². The van der Waals surface area contributed by atoms with Gasteiger partial charge in [0.2, 0.25) is 0 Å². The van der Waals surface area contributed by atoms with Gasteiger partial charge in [0.15, 0.2) is 0 Å². The third-order valence-electron chi connectivity index (χ3n) is 8.15. The molecule has 0 heterocycles. The Labute approximate surface area is 241 Å². The van der Waals surface area contributed by atoms with Crippen LogP contribution < -0.4 is 0 Å². The van der Waals surface area contributed by atoms with Gasteiger partial charge in [-0.25, -0.2) is 0 Å². The highest BCUT2D eigenvalue weighted by molar-refractivity contribution is 6.00. The first-order valence-corrected chi connectivity index (χ1v) is 14.9. The zero-order chi connectivity index (χ0) is 28.2. The van der Waals surface area contributed by atoms with Gasteiger partial charge in [0.1, 0.15) is 0 Å². The van der Waals surface area contributed by atoms with Crippen molar-refractivity contribution in [3.8, 4) is 44.5 Å². The van der Waals surface area contributed by atoms with Crippen molar-refractivity contribution < 1.29 is 0 Å². The van der Waals surface area contributed by atoms with Crippen LogP contribution in [-0.2, 0) is 12.8 Å². The third-order valence-corrected chi connectivity index (χ3v) is 8.15. The lowest BCUT2D eigenvalue weighted by molar-refractivity contribution is 0.871. The molecule has 0 nitrogen and oxygen atoms in total. The van der Waals surface area contributed by atoms with Crippen LogP contribution in [0.3, 0.4) is 0 Å². The zero-order valence-corrected chi connectivity index (χ0v) is 25.0. The molecule has 202 valence electrons. The van der Waals surface area contributed by atoms with Crippen molar-refractivity contribution in [1.29, 1.82) is 0 Å². The van der Waals surface area contributed by atoms with Crippen LogP contribution in [0.1, 0.15) is 67.9 Å². The van der Waals surface area contributed by atoms with E-state index in [-0.39, 0.29) is 0 Å². The maximum absolute atomic E-state index is 2.48. The van der Waals surface area contributed by atoms with Gasteiger partial charge in [-0.2, -0.15) is 0 Å². The van der Waals surface area contributed by atoms with Gasteiger partial charge < -0.3 is 0 Å². The Balaban J connectivity index is 1.96. The summed E-state index contributed by atoms with van der Waals surface area (Å²) >= 11 is 0. The predicted molar refractivity (Wildman–Crippen MR) is 175 cm³/mol. The van der Waals surface area contributed by atoms with Crippen molar-refractivity contribution in [1.82, 2.24) is 0 Å². The lowest BCUT2D eigenvalue weighted by Crippen LogP contribution is -2.03. The van der Waals surface area contributed by atoms with E-state index in [9.17, 15) is 0 Å². The largest absolute Gasteiger partial charge is 0.0651 e. The molecule has 5 rings (SSSR count). The highest BCUT2D eigenvalue weighted by Crippen LogP contribution is 2.49. The molecule has 0 aliphatic rings. The quantitative estimate of drug-likeness (QED) is 0.190. The molecule has 0 fully saturated rings. The molecule has 0 spiro atoms. The molecule has 0 amide bonds. The van der Waals surface area contributed by atoms with Gasteiger partial charge in [-0.05, 0) is 105 Å². The van der Waals surface area contributed by atoms with Crippen LogP contribution in [0.25, 0.3) is 44.5 Å². The smallest absolute Gasteiger partial charge is 0.00234 e. The first-order chi connectivity index (χ1) is 19.4. The molecule has 0 saturated heterocycles. The van der Waals surface area contributed by atoms with Crippen molar-refractivity contribution in [3.63, 3.8) is 0 Å². The van der Waals surface area contributed by atoms with E-state index in [2.05, 4.69) is 145 Å². The number of hydrogen-bond acceptors (Lipinski definition) is 0. The highest BCUT2D eigenvalue weighted by atomic mass is 14.3. The summed E-state index contributed by atoms with van der Waals surface area (Å²) in [5.74, 6) is 0.347. The maximum atomic E-state index is 2.48. The second-order valence-corrected chi connectivity index (χ2v) is 11.5. The Bertz CT molecular complexity index is 1600. The second-order valence-electron chi connectivity index (χ2n) is 11.5. The van der Waals surface area contributed by atoms with Crippen LogP contribution in [0, 0.1) is 13.8 Å². The molecule has 0 saturated carbocycles. The molecule has 0 N–H and O–H groups in total. The molecular weight excluding hydrogens is 480 g/mol. The van der Waals surface area contributed by atoms with Gasteiger partial charge in [0, 0.05) is 0 Å². The molecule has 5 aromatic rings. The van der Waals surface area contributed by atoms with E-state index in [0.29, 0.717) is 5.92 Å². The molecule has 0 aliphatic carbocycles. The van der Waals surface area contributed by atoms with Gasteiger partial charge in [-0.3, -0.25) is 0 Å². The van der Waals surface area contributed by atoms with E-state index in [1.807, 2.05) is 0 Å². The minimum Gasteiger partial charge on any atom is -0.0651 e. The van der Waals surface area contributed by atoms with Crippen LogP contribution >= 0.6 is 0 Å². The molecule has 40 heavy (non-hydrogen) atoms. The third kappa shape index (κ3) is 5.54. The van der Waals surface area contributed by atoms with Crippen molar-refractivity contribution in [2.75, 3.05) is 0 Å². The summed E-state index contributed by atoms with van der Waals surface area (Å²) in [7, 11) is 0. The zero-order valence-electron chi connectivity index (χ0n) is 25.0. The number of rotatable bonds is 8. The van der Waals surface area contributed by atoms with Gasteiger partial charge in [0.25, 0.3) is 0 Å². The van der Waals surface area contributed by atoms with Crippen molar-refractivity contribution in [3.05, 3.63) is 131 Å². The summed E-state index contributed by atoms with van der Waals surface area (Å²) in [6, 6.07) is 39.0. The topological polar surface area (TPSA) is 0 Å². The first kappa shape index (κ1) is 27.7. The van der Waals surface area contributed by atoms with E-state index in [0.717, 1.165) is 19.3 Å². The van der Waals surface area contributed by atoms with Gasteiger partial charge in [-0.1, -0.05) is 137 Å². The monoisotopic (exact) mass is 522 g/mol. The SMILES string of the molecule is CCCc1ccc(-c2cc(-c3ccccc3C)c(C(C)C)c(-c3ccc(C)cc3)c2-c2cccc(CC)c2)cc1. The van der Waals surface area contributed by atoms with E-state index in [1.54, 1.807) is 0 Å². The standard InChI is InChI=1S/C40H42/c1-7-12-31-19-23-32(24-20-31)36-26-37(35-16-10-9-13-29(35)6)38(27(3)4)40(33-21-17-28(5)18-22-33)39(36)34-15-11-14-30(8-2)25-34/h9-11,13-27H,7-8,12H2,1-6H3. The van der Waals surface area contributed by atoms with Crippen LogP contribution in [-0.4, -0.2) is 0 Å². The van der Waals surface area contributed by atoms with E-state index in [1.165, 1.54) is 72.3 Å². The summed E-state index contributed by atoms with van der Waals surface area (Å²) in [6.45, 7) is 13.6. The number of hydrogen-bond donors (Lipinski definition) is 0. The number of benzene rings is 5. The Morgan fingerprint density at radius 1 is 0.550 bits per heavy atom. The summed E-state index contributed by atoms with van der Waals surface area (Å²) < 4.78 is 0. The van der Waals surface area contributed by atoms with Crippen LogP contribution in [0.15, 0.2) is 103 Å². The fourth-order valence-electron chi connectivity index (χ4n) is 6.03. The summed E-state index contributed by atoms with van der Waals surface area (Å²) in [4.78, 5) is 0.